The van der Waals surface area contributed by atoms with Gasteiger partial charge in [0.2, 0.25) is 0 Å². The highest BCUT2D eigenvalue weighted by molar-refractivity contribution is 6.14. The molecule has 0 fully saturated rings. The van der Waals surface area contributed by atoms with Gasteiger partial charge in [-0.05, 0) is 12.1 Å². The van der Waals surface area contributed by atoms with Crippen LogP contribution in [0.15, 0.2) is 83.0 Å². The normalized spacial score (nSPS) is 11.4. The number of nitrogens with zero attached hydrogens (tertiary/aromatic N) is 3. The number of nitro groups is 1. The number of hydrogen-bond acceptors (Lipinski definition) is 5. The predicted octanol–water partition coefficient (Wildman–Crippen LogP) is 6.02. The first kappa shape index (κ1) is 15.7. The second kappa shape index (κ2) is 6.25. The lowest BCUT2D eigenvalue weighted by Crippen LogP contribution is -1.85. The molecule has 6 nitrogen and oxygen atoms in total. The highest BCUT2D eigenvalue weighted by Crippen LogP contribution is 2.42. The van der Waals surface area contributed by atoms with Gasteiger partial charge in [0.25, 0.3) is 5.69 Å². The van der Waals surface area contributed by atoms with Crippen LogP contribution in [0.2, 0.25) is 0 Å². The Morgan fingerprint density at radius 3 is 1.73 bits per heavy atom. The molecular weight excluding hydrogens is 330 g/mol. The molecule has 0 spiro atoms. The molecular formula is C20H13N3O3. The molecule has 0 aromatic heterocycles. The average Bonchev–Trinajstić information content (AvgIpc) is 2.68. The van der Waals surface area contributed by atoms with Crippen LogP contribution >= 0.6 is 0 Å². The van der Waals surface area contributed by atoms with Crippen LogP contribution in [0.5, 0.6) is 5.75 Å². The largest absolute Gasteiger partial charge is 0.507 e. The summed E-state index contributed by atoms with van der Waals surface area (Å²) in [6, 6.07) is 20.8. The number of phenolic OH excluding ortho intramolecular Hbond substituents is 1. The molecule has 0 aliphatic rings. The van der Waals surface area contributed by atoms with Crippen molar-refractivity contribution in [3.05, 3.63) is 82.9 Å². The number of azo groups is 1. The summed E-state index contributed by atoms with van der Waals surface area (Å²) in [5.41, 5.74) is 1.16. The van der Waals surface area contributed by atoms with Crippen molar-refractivity contribution in [3.8, 4) is 5.75 Å². The van der Waals surface area contributed by atoms with E-state index in [1.54, 1.807) is 12.1 Å². The van der Waals surface area contributed by atoms with E-state index < -0.39 is 4.92 Å². The van der Waals surface area contributed by atoms with Crippen LogP contribution in [0.1, 0.15) is 0 Å². The molecule has 0 saturated carbocycles. The Morgan fingerprint density at radius 2 is 1.23 bits per heavy atom. The molecule has 0 bridgehead atoms. The SMILES string of the molecule is O=[N+]([O-])c1ccc(N=Nc2c3ccccc3c(O)c3ccccc23)cc1. The van der Waals surface area contributed by atoms with Crippen LogP contribution < -0.4 is 0 Å². The molecule has 6 heteroatoms. The lowest BCUT2D eigenvalue weighted by molar-refractivity contribution is -0.384. The molecule has 4 aromatic rings. The Kier molecular flexibility index (Phi) is 3.78. The molecule has 0 heterocycles. The van der Waals surface area contributed by atoms with Crippen molar-refractivity contribution < 1.29 is 10.0 Å². The summed E-state index contributed by atoms with van der Waals surface area (Å²) >= 11 is 0. The molecule has 26 heavy (non-hydrogen) atoms. The molecule has 0 aliphatic heterocycles. The summed E-state index contributed by atoms with van der Waals surface area (Å²) < 4.78 is 0. The first-order chi connectivity index (χ1) is 12.6. The number of phenols is 1. The van der Waals surface area contributed by atoms with Gasteiger partial charge in [-0.1, -0.05) is 48.5 Å². The van der Waals surface area contributed by atoms with Gasteiger partial charge in [0.1, 0.15) is 11.4 Å². The lowest BCUT2D eigenvalue weighted by atomic mass is 10.00. The molecule has 0 unspecified atom stereocenters. The Bertz CT molecular complexity index is 1110. The standard InChI is InChI=1S/C20H13N3O3/c24-20-17-7-3-1-5-15(17)19(16-6-2-4-8-18(16)20)22-21-13-9-11-14(12-10-13)23(25)26/h1-12,24H. The highest BCUT2D eigenvalue weighted by Gasteiger charge is 2.12. The van der Waals surface area contributed by atoms with Crippen LogP contribution in [0.4, 0.5) is 17.1 Å². The minimum Gasteiger partial charge on any atom is -0.507 e. The second-order valence-electron chi connectivity index (χ2n) is 5.76. The number of non-ortho nitro benzene ring substituents is 1. The van der Waals surface area contributed by atoms with Gasteiger partial charge in [0, 0.05) is 33.7 Å². The Hall–Kier alpha value is -3.80. The molecule has 0 saturated heterocycles. The van der Waals surface area contributed by atoms with Crippen molar-refractivity contribution in [1.82, 2.24) is 0 Å². The highest BCUT2D eigenvalue weighted by atomic mass is 16.6. The zero-order valence-corrected chi connectivity index (χ0v) is 13.5. The molecule has 0 amide bonds. The smallest absolute Gasteiger partial charge is 0.269 e. The fourth-order valence-electron chi connectivity index (χ4n) is 2.94. The van der Waals surface area contributed by atoms with Crippen LogP contribution in [-0.4, -0.2) is 10.0 Å². The zero-order valence-electron chi connectivity index (χ0n) is 13.5. The van der Waals surface area contributed by atoms with Crippen LogP contribution in [-0.2, 0) is 0 Å². The van der Waals surface area contributed by atoms with Gasteiger partial charge < -0.3 is 5.11 Å². The van der Waals surface area contributed by atoms with Crippen LogP contribution in [0, 0.1) is 10.1 Å². The van der Waals surface area contributed by atoms with Gasteiger partial charge in [-0.2, -0.15) is 5.11 Å². The third-order valence-corrected chi connectivity index (χ3v) is 4.20. The minimum absolute atomic E-state index is 0.00415. The molecule has 126 valence electrons. The fourth-order valence-corrected chi connectivity index (χ4v) is 2.94. The number of nitro benzene ring substituents is 1. The molecule has 1 N–H and O–H groups in total. The van der Waals surface area contributed by atoms with Crippen molar-refractivity contribution in [3.63, 3.8) is 0 Å². The quantitative estimate of drug-likeness (QED) is 0.213. The van der Waals surface area contributed by atoms with E-state index >= 15 is 0 Å². The maximum atomic E-state index is 10.7. The van der Waals surface area contributed by atoms with Gasteiger partial charge in [-0.25, -0.2) is 0 Å². The first-order valence-corrected chi connectivity index (χ1v) is 7.94. The molecule has 4 rings (SSSR count). The summed E-state index contributed by atoms with van der Waals surface area (Å²) in [5.74, 6) is 0.213. The van der Waals surface area contributed by atoms with E-state index in [1.165, 1.54) is 12.1 Å². The zero-order chi connectivity index (χ0) is 18.1. The van der Waals surface area contributed by atoms with Gasteiger partial charge >= 0.3 is 0 Å². The Morgan fingerprint density at radius 1 is 0.731 bits per heavy atom. The summed E-state index contributed by atoms with van der Waals surface area (Å²) in [6.07, 6.45) is 0. The summed E-state index contributed by atoms with van der Waals surface area (Å²) in [7, 11) is 0. The van der Waals surface area contributed by atoms with E-state index in [2.05, 4.69) is 10.2 Å². The van der Waals surface area contributed by atoms with Gasteiger partial charge in [-0.15, -0.1) is 5.11 Å². The van der Waals surface area contributed by atoms with E-state index in [-0.39, 0.29) is 11.4 Å². The summed E-state index contributed by atoms with van der Waals surface area (Å²) in [4.78, 5) is 10.3. The molecule has 0 aliphatic carbocycles. The third-order valence-electron chi connectivity index (χ3n) is 4.20. The van der Waals surface area contributed by atoms with Crippen molar-refractivity contribution in [2.75, 3.05) is 0 Å². The van der Waals surface area contributed by atoms with Gasteiger partial charge in [-0.3, -0.25) is 10.1 Å². The average molecular weight is 343 g/mol. The first-order valence-electron chi connectivity index (χ1n) is 7.94. The van der Waals surface area contributed by atoms with E-state index in [1.807, 2.05) is 48.5 Å². The molecule has 4 aromatic carbocycles. The number of benzene rings is 4. The van der Waals surface area contributed by atoms with Gasteiger partial charge in [0.15, 0.2) is 0 Å². The maximum absolute atomic E-state index is 10.7. The number of fused-ring (bicyclic) bond motifs is 2. The van der Waals surface area contributed by atoms with E-state index in [4.69, 9.17) is 0 Å². The van der Waals surface area contributed by atoms with Gasteiger partial charge in [0.05, 0.1) is 10.6 Å². The predicted molar refractivity (Wildman–Crippen MR) is 100 cm³/mol. The van der Waals surface area contributed by atoms with Crippen molar-refractivity contribution in [2.24, 2.45) is 10.2 Å². The topological polar surface area (TPSA) is 88.1 Å². The lowest BCUT2D eigenvalue weighted by Gasteiger charge is -2.09. The Balaban J connectivity index is 1.89. The number of aromatic hydroxyl groups is 1. The van der Waals surface area contributed by atoms with E-state index in [9.17, 15) is 15.2 Å². The maximum Gasteiger partial charge on any atom is 0.269 e. The summed E-state index contributed by atoms with van der Waals surface area (Å²) in [5, 5.41) is 32.9. The minimum atomic E-state index is -0.456. The molecule has 0 radical (unpaired) electrons. The van der Waals surface area contributed by atoms with Crippen molar-refractivity contribution in [2.45, 2.75) is 0 Å². The van der Waals surface area contributed by atoms with Crippen LogP contribution in [0.3, 0.4) is 0 Å². The van der Waals surface area contributed by atoms with Crippen molar-refractivity contribution >= 4 is 38.6 Å². The molecule has 0 atom stereocenters. The van der Waals surface area contributed by atoms with Crippen LogP contribution in [0.25, 0.3) is 21.5 Å². The number of rotatable bonds is 3. The van der Waals surface area contributed by atoms with E-state index in [0.29, 0.717) is 22.1 Å². The third kappa shape index (κ3) is 2.63. The monoisotopic (exact) mass is 343 g/mol. The Labute approximate surface area is 148 Å². The van der Waals surface area contributed by atoms with E-state index in [0.717, 1.165) is 10.8 Å². The number of hydrogen-bond donors (Lipinski definition) is 1. The fraction of sp³-hybridized carbons (Fsp3) is 0. The summed E-state index contributed by atoms with van der Waals surface area (Å²) in [6.45, 7) is 0. The van der Waals surface area contributed by atoms with Crippen molar-refractivity contribution in [1.29, 1.82) is 0 Å². The second-order valence-corrected chi connectivity index (χ2v) is 5.76.